The monoisotopic (exact) mass is 445 g/mol. The van der Waals surface area contributed by atoms with Gasteiger partial charge in [-0.1, -0.05) is 11.8 Å². The van der Waals surface area contributed by atoms with Crippen molar-refractivity contribution in [2.24, 2.45) is 0 Å². The highest BCUT2D eigenvalue weighted by atomic mass is 32.2. The van der Waals surface area contributed by atoms with E-state index in [1.165, 1.54) is 23.9 Å². The maximum Gasteiger partial charge on any atom is 0.433 e. The molecule has 1 saturated carbocycles. The molecule has 0 saturated heterocycles. The first-order chi connectivity index (χ1) is 14.8. The second kappa shape index (κ2) is 8.03. The van der Waals surface area contributed by atoms with Crippen LogP contribution in [-0.4, -0.2) is 26.2 Å². The molecule has 2 aromatic heterocycles. The van der Waals surface area contributed by atoms with E-state index in [1.54, 1.807) is 18.4 Å². The minimum atomic E-state index is -4.61. The fraction of sp³-hybridized carbons (Fsp3) is 0.250. The summed E-state index contributed by atoms with van der Waals surface area (Å²) in [5.74, 6) is 0.198. The quantitative estimate of drug-likeness (QED) is 0.455. The standard InChI is InChI=1S/C20H14F3N5O2S/c1-31-19-27-16(13(9-24)17(29)28-19)11-4-6-12(7-5-11)30-18-25-14(10-2-3-10)8-15(26-18)20(21,22)23/h4-8,10H,2-3H2,1H3,(H,27,28,29). The Hall–Kier alpha value is -3.39. The van der Waals surface area contributed by atoms with Gasteiger partial charge in [-0.15, -0.1) is 0 Å². The number of benzene rings is 1. The fourth-order valence-electron chi connectivity index (χ4n) is 2.87. The average molecular weight is 445 g/mol. The molecule has 2 heterocycles. The van der Waals surface area contributed by atoms with Crippen molar-refractivity contribution < 1.29 is 17.9 Å². The van der Waals surface area contributed by atoms with Gasteiger partial charge in [-0.05, 0) is 49.4 Å². The minimum Gasteiger partial charge on any atom is -0.424 e. The average Bonchev–Trinajstić information content (AvgIpc) is 3.58. The van der Waals surface area contributed by atoms with Crippen LogP contribution in [0.15, 0.2) is 40.3 Å². The zero-order valence-corrected chi connectivity index (χ0v) is 16.8. The zero-order chi connectivity index (χ0) is 22.2. The second-order valence-electron chi connectivity index (χ2n) is 6.77. The number of nitrogens with one attached hydrogen (secondary N) is 1. The molecule has 31 heavy (non-hydrogen) atoms. The van der Waals surface area contributed by atoms with Crippen molar-refractivity contribution in [2.75, 3.05) is 6.26 Å². The van der Waals surface area contributed by atoms with Crippen LogP contribution >= 0.6 is 11.8 Å². The number of halogens is 3. The lowest BCUT2D eigenvalue weighted by Gasteiger charge is -2.11. The van der Waals surface area contributed by atoms with Crippen LogP contribution in [-0.2, 0) is 6.18 Å². The van der Waals surface area contributed by atoms with Gasteiger partial charge in [0.25, 0.3) is 5.56 Å². The van der Waals surface area contributed by atoms with Crippen LogP contribution < -0.4 is 10.3 Å². The van der Waals surface area contributed by atoms with Crippen molar-refractivity contribution in [3.8, 4) is 29.1 Å². The Kier molecular flexibility index (Phi) is 5.41. The summed E-state index contributed by atoms with van der Waals surface area (Å²) in [6.07, 6.45) is -1.31. The molecule has 158 valence electrons. The van der Waals surface area contributed by atoms with Gasteiger partial charge >= 0.3 is 12.2 Å². The van der Waals surface area contributed by atoms with Crippen molar-refractivity contribution in [1.82, 2.24) is 19.9 Å². The van der Waals surface area contributed by atoms with Crippen molar-refractivity contribution in [3.63, 3.8) is 0 Å². The van der Waals surface area contributed by atoms with E-state index in [9.17, 15) is 23.2 Å². The van der Waals surface area contributed by atoms with E-state index < -0.39 is 17.4 Å². The molecule has 1 aliphatic rings. The Morgan fingerprint density at radius 3 is 2.48 bits per heavy atom. The molecule has 1 N–H and O–H groups in total. The Labute approximate surface area is 178 Å². The summed E-state index contributed by atoms with van der Waals surface area (Å²) in [6.45, 7) is 0. The number of alkyl halides is 3. The van der Waals surface area contributed by atoms with Crippen molar-refractivity contribution in [1.29, 1.82) is 5.26 Å². The maximum atomic E-state index is 13.2. The first kappa shape index (κ1) is 20.9. The van der Waals surface area contributed by atoms with E-state index in [1.807, 2.05) is 6.07 Å². The summed E-state index contributed by atoms with van der Waals surface area (Å²) in [4.78, 5) is 26.5. The Morgan fingerprint density at radius 2 is 1.90 bits per heavy atom. The lowest BCUT2D eigenvalue weighted by atomic mass is 10.1. The number of thioether (sulfide) groups is 1. The smallest absolute Gasteiger partial charge is 0.424 e. The first-order valence-corrected chi connectivity index (χ1v) is 10.3. The predicted octanol–water partition coefficient (Wildman–Crippen LogP) is 4.51. The number of hydrogen-bond donors (Lipinski definition) is 1. The van der Waals surface area contributed by atoms with E-state index in [0.29, 0.717) is 16.4 Å². The third-order valence-corrected chi connectivity index (χ3v) is 5.13. The van der Waals surface area contributed by atoms with Crippen LogP contribution in [0.2, 0.25) is 0 Å². The van der Waals surface area contributed by atoms with E-state index >= 15 is 0 Å². The van der Waals surface area contributed by atoms with E-state index in [2.05, 4.69) is 19.9 Å². The molecule has 0 aliphatic heterocycles. The van der Waals surface area contributed by atoms with Crippen LogP contribution in [0.1, 0.15) is 35.7 Å². The molecule has 0 unspecified atom stereocenters. The Morgan fingerprint density at radius 1 is 1.19 bits per heavy atom. The summed E-state index contributed by atoms with van der Waals surface area (Å²) >= 11 is 1.22. The van der Waals surface area contributed by atoms with E-state index in [-0.39, 0.29) is 28.9 Å². The summed E-state index contributed by atoms with van der Waals surface area (Å²) in [7, 11) is 0. The van der Waals surface area contributed by atoms with E-state index in [0.717, 1.165) is 18.9 Å². The molecule has 11 heteroatoms. The molecule has 1 aliphatic carbocycles. The van der Waals surface area contributed by atoms with Crippen molar-refractivity contribution in [3.05, 3.63) is 57.6 Å². The lowest BCUT2D eigenvalue weighted by molar-refractivity contribution is -0.141. The van der Waals surface area contributed by atoms with Gasteiger partial charge in [-0.25, -0.2) is 4.98 Å². The maximum absolute atomic E-state index is 13.2. The highest BCUT2D eigenvalue weighted by Crippen LogP contribution is 2.41. The van der Waals surface area contributed by atoms with Crippen LogP contribution in [0.3, 0.4) is 0 Å². The van der Waals surface area contributed by atoms with Gasteiger partial charge in [-0.2, -0.15) is 28.4 Å². The van der Waals surface area contributed by atoms with Gasteiger partial charge in [-0.3, -0.25) is 4.79 Å². The predicted molar refractivity (Wildman–Crippen MR) is 106 cm³/mol. The molecular formula is C20H14F3N5O2S. The highest BCUT2D eigenvalue weighted by molar-refractivity contribution is 7.98. The summed E-state index contributed by atoms with van der Waals surface area (Å²) in [5.41, 5.74) is -0.747. The van der Waals surface area contributed by atoms with Gasteiger partial charge in [0.15, 0.2) is 10.9 Å². The SMILES string of the molecule is CSc1nc(-c2ccc(Oc3nc(C4CC4)cc(C(F)(F)F)n3)cc2)c(C#N)c(=O)[nH]1. The molecular weight excluding hydrogens is 431 g/mol. The fourth-order valence-corrected chi connectivity index (χ4v) is 3.25. The molecule has 1 fully saturated rings. The lowest BCUT2D eigenvalue weighted by Crippen LogP contribution is -2.14. The summed E-state index contributed by atoms with van der Waals surface area (Å²) < 4.78 is 45.0. The number of nitrogens with zero attached hydrogens (tertiary/aromatic N) is 4. The van der Waals surface area contributed by atoms with Crippen LogP contribution in [0, 0.1) is 11.3 Å². The molecule has 0 radical (unpaired) electrons. The number of hydrogen-bond acceptors (Lipinski definition) is 7. The highest BCUT2D eigenvalue weighted by Gasteiger charge is 2.36. The summed E-state index contributed by atoms with van der Waals surface area (Å²) in [5, 5.41) is 9.64. The summed E-state index contributed by atoms with van der Waals surface area (Å²) in [6, 6.07) is 8.48. The van der Waals surface area contributed by atoms with Crippen LogP contribution in [0.5, 0.6) is 11.8 Å². The van der Waals surface area contributed by atoms with Gasteiger partial charge < -0.3 is 9.72 Å². The number of rotatable bonds is 5. The zero-order valence-electron chi connectivity index (χ0n) is 16.0. The number of aromatic amines is 1. The second-order valence-corrected chi connectivity index (χ2v) is 7.56. The topological polar surface area (TPSA) is 105 Å². The Balaban J connectivity index is 1.65. The number of H-pyrrole nitrogens is 1. The minimum absolute atomic E-state index is 0.00823. The molecule has 7 nitrogen and oxygen atoms in total. The molecule has 0 amide bonds. The van der Waals surface area contributed by atoms with Gasteiger partial charge in [0.05, 0.1) is 11.4 Å². The molecule has 3 aromatic rings. The Bertz CT molecular complexity index is 1230. The molecule has 1 aromatic carbocycles. The van der Waals surface area contributed by atoms with Crippen molar-refractivity contribution >= 4 is 11.8 Å². The van der Waals surface area contributed by atoms with Crippen LogP contribution in [0.4, 0.5) is 13.2 Å². The number of aromatic nitrogens is 4. The third-order valence-electron chi connectivity index (χ3n) is 4.55. The molecule has 0 bridgehead atoms. The molecule has 4 rings (SSSR count). The van der Waals surface area contributed by atoms with Gasteiger partial charge in [0.2, 0.25) is 0 Å². The molecule has 0 atom stereocenters. The normalized spacial score (nSPS) is 13.6. The first-order valence-electron chi connectivity index (χ1n) is 9.11. The number of nitriles is 1. The van der Waals surface area contributed by atoms with Crippen molar-refractivity contribution in [2.45, 2.75) is 30.1 Å². The number of ether oxygens (including phenoxy) is 1. The largest absolute Gasteiger partial charge is 0.433 e. The molecule has 0 spiro atoms. The van der Waals surface area contributed by atoms with E-state index in [4.69, 9.17) is 4.74 Å². The van der Waals surface area contributed by atoms with Gasteiger partial charge in [0.1, 0.15) is 17.4 Å². The third kappa shape index (κ3) is 4.54. The van der Waals surface area contributed by atoms with Gasteiger partial charge in [0, 0.05) is 11.5 Å². The van der Waals surface area contributed by atoms with Crippen LogP contribution in [0.25, 0.3) is 11.3 Å².